The van der Waals surface area contributed by atoms with E-state index in [1.807, 2.05) is 0 Å². The van der Waals surface area contributed by atoms with Crippen molar-refractivity contribution in [3.05, 3.63) is 48.5 Å². The standard InChI is InChI=1S/C12H12O8P2/c13-21(14,15)19-11-7-3-1-5-9(11)10-6-2-4-8-12(10)20-22(16,17)18/h1-8H,(H2,13,14,15)(H2,16,17,18). The molecular formula is C12H12O8P2. The highest BCUT2D eigenvalue weighted by Crippen LogP contribution is 2.47. The zero-order valence-corrected chi connectivity index (χ0v) is 12.7. The second kappa shape index (κ2) is 6.22. The van der Waals surface area contributed by atoms with Crippen molar-refractivity contribution in [3.63, 3.8) is 0 Å². The Hall–Kier alpha value is -1.66. The summed E-state index contributed by atoms with van der Waals surface area (Å²) in [7, 11) is -9.57. The Morgan fingerprint density at radius 1 is 0.636 bits per heavy atom. The fourth-order valence-corrected chi connectivity index (χ4v) is 2.62. The molecule has 2 aromatic carbocycles. The highest BCUT2D eigenvalue weighted by Gasteiger charge is 2.22. The van der Waals surface area contributed by atoms with Gasteiger partial charge in [-0.1, -0.05) is 36.4 Å². The lowest BCUT2D eigenvalue weighted by atomic mass is 10.0. The molecule has 0 aliphatic rings. The predicted octanol–water partition coefficient (Wildman–Crippen LogP) is 2.30. The van der Waals surface area contributed by atoms with E-state index in [-0.39, 0.29) is 22.6 Å². The summed E-state index contributed by atoms with van der Waals surface area (Å²) in [6, 6.07) is 11.8. The minimum Gasteiger partial charge on any atom is -0.404 e. The van der Waals surface area contributed by atoms with Gasteiger partial charge < -0.3 is 9.05 Å². The fourth-order valence-electron chi connectivity index (χ4n) is 1.79. The Labute approximate surface area is 125 Å². The summed E-state index contributed by atoms with van der Waals surface area (Å²) in [6.45, 7) is 0. The molecule has 10 heteroatoms. The minimum absolute atomic E-state index is 0.141. The van der Waals surface area contributed by atoms with Crippen molar-refractivity contribution >= 4 is 15.6 Å². The first-order valence-corrected chi connectivity index (χ1v) is 8.90. The number of rotatable bonds is 5. The molecule has 0 unspecified atom stereocenters. The third kappa shape index (κ3) is 4.68. The summed E-state index contributed by atoms with van der Waals surface area (Å²) in [5.41, 5.74) is 0.435. The molecule has 0 saturated heterocycles. The van der Waals surface area contributed by atoms with Gasteiger partial charge >= 0.3 is 15.6 Å². The molecule has 0 aliphatic heterocycles. The maximum Gasteiger partial charge on any atom is 0.524 e. The SMILES string of the molecule is O=P(O)(O)Oc1ccccc1-c1ccccc1OP(=O)(O)O. The third-order valence-electron chi connectivity index (χ3n) is 2.50. The van der Waals surface area contributed by atoms with Crippen LogP contribution in [0.5, 0.6) is 11.5 Å². The number of phosphoric ester groups is 2. The smallest absolute Gasteiger partial charge is 0.404 e. The molecule has 0 aromatic heterocycles. The quantitative estimate of drug-likeness (QED) is 0.606. The first kappa shape index (κ1) is 16.7. The molecule has 0 aliphatic carbocycles. The van der Waals surface area contributed by atoms with Gasteiger partial charge in [0.15, 0.2) is 0 Å². The summed E-state index contributed by atoms with van der Waals surface area (Å²) in [5, 5.41) is 0. The maximum atomic E-state index is 11.0. The predicted molar refractivity (Wildman–Crippen MR) is 77.2 cm³/mol. The molecule has 0 fully saturated rings. The van der Waals surface area contributed by atoms with Crippen LogP contribution in [0.4, 0.5) is 0 Å². The minimum atomic E-state index is -4.79. The molecule has 0 amide bonds. The Kier molecular flexibility index (Phi) is 4.72. The van der Waals surface area contributed by atoms with Crippen molar-refractivity contribution in [1.82, 2.24) is 0 Å². The summed E-state index contributed by atoms with van der Waals surface area (Å²) in [4.78, 5) is 35.7. The van der Waals surface area contributed by atoms with Crippen LogP contribution in [0.15, 0.2) is 48.5 Å². The third-order valence-corrected chi connectivity index (χ3v) is 3.37. The second-order valence-corrected chi connectivity index (χ2v) is 6.48. The molecule has 0 spiro atoms. The van der Waals surface area contributed by atoms with Crippen LogP contribution in [0.2, 0.25) is 0 Å². The van der Waals surface area contributed by atoms with Crippen molar-refractivity contribution in [1.29, 1.82) is 0 Å². The monoisotopic (exact) mass is 346 g/mol. The molecule has 2 rings (SSSR count). The van der Waals surface area contributed by atoms with E-state index < -0.39 is 15.6 Å². The van der Waals surface area contributed by atoms with Crippen molar-refractivity contribution < 1.29 is 37.8 Å². The number of hydrogen-bond donors (Lipinski definition) is 4. The van der Waals surface area contributed by atoms with Gasteiger partial charge in [-0.2, -0.15) is 0 Å². The first-order valence-electron chi connectivity index (χ1n) is 5.84. The molecule has 2 aromatic rings. The summed E-state index contributed by atoms with van der Waals surface area (Å²) in [5.74, 6) is -0.282. The van der Waals surface area contributed by atoms with Gasteiger partial charge in [-0.3, -0.25) is 19.6 Å². The zero-order valence-electron chi connectivity index (χ0n) is 10.9. The van der Waals surface area contributed by atoms with E-state index in [1.54, 1.807) is 12.1 Å². The second-order valence-electron chi connectivity index (χ2n) is 4.16. The summed E-state index contributed by atoms with van der Waals surface area (Å²) < 4.78 is 31.2. The molecule has 118 valence electrons. The van der Waals surface area contributed by atoms with E-state index in [9.17, 15) is 9.13 Å². The molecule has 0 heterocycles. The van der Waals surface area contributed by atoms with E-state index in [0.29, 0.717) is 0 Å². The molecule has 0 atom stereocenters. The van der Waals surface area contributed by atoms with E-state index in [2.05, 4.69) is 9.05 Å². The first-order chi connectivity index (χ1) is 10.2. The van der Waals surface area contributed by atoms with Crippen molar-refractivity contribution in [2.45, 2.75) is 0 Å². The highest BCUT2D eigenvalue weighted by molar-refractivity contribution is 7.47. The van der Waals surface area contributed by atoms with E-state index >= 15 is 0 Å². The van der Waals surface area contributed by atoms with Gasteiger partial charge in [-0.25, -0.2) is 9.13 Å². The van der Waals surface area contributed by atoms with Crippen molar-refractivity contribution in [2.75, 3.05) is 0 Å². The van der Waals surface area contributed by atoms with E-state index in [4.69, 9.17) is 19.6 Å². The lowest BCUT2D eigenvalue weighted by Crippen LogP contribution is -1.95. The Balaban J connectivity index is 2.53. The number of hydrogen-bond acceptors (Lipinski definition) is 4. The van der Waals surface area contributed by atoms with Gasteiger partial charge in [0.25, 0.3) is 0 Å². The molecule has 22 heavy (non-hydrogen) atoms. The molecule has 0 radical (unpaired) electrons. The van der Waals surface area contributed by atoms with Crippen LogP contribution >= 0.6 is 15.6 Å². The molecular weight excluding hydrogens is 334 g/mol. The molecule has 0 saturated carbocycles. The molecule has 8 nitrogen and oxygen atoms in total. The Bertz CT molecular complexity index is 698. The topological polar surface area (TPSA) is 134 Å². The summed E-state index contributed by atoms with van der Waals surface area (Å²) in [6.07, 6.45) is 0. The van der Waals surface area contributed by atoms with Crippen LogP contribution in [-0.4, -0.2) is 19.6 Å². The van der Waals surface area contributed by atoms with E-state index in [1.165, 1.54) is 36.4 Å². The van der Waals surface area contributed by atoms with E-state index in [0.717, 1.165) is 0 Å². The number of phosphoric acid groups is 2. The van der Waals surface area contributed by atoms with Crippen LogP contribution in [0, 0.1) is 0 Å². The molecule has 4 N–H and O–H groups in total. The lowest BCUT2D eigenvalue weighted by molar-refractivity contribution is 0.280. The van der Waals surface area contributed by atoms with Gasteiger partial charge in [0.05, 0.1) is 0 Å². The van der Waals surface area contributed by atoms with Crippen LogP contribution in [0.1, 0.15) is 0 Å². The zero-order chi connectivity index (χ0) is 16.4. The van der Waals surface area contributed by atoms with Crippen LogP contribution < -0.4 is 9.05 Å². The lowest BCUT2D eigenvalue weighted by Gasteiger charge is -2.15. The Morgan fingerprint density at radius 3 is 1.27 bits per heavy atom. The van der Waals surface area contributed by atoms with Gasteiger partial charge in [0.1, 0.15) is 11.5 Å². The maximum absolute atomic E-state index is 11.0. The van der Waals surface area contributed by atoms with Crippen molar-refractivity contribution in [3.8, 4) is 22.6 Å². The fraction of sp³-hybridized carbons (Fsp3) is 0. The van der Waals surface area contributed by atoms with Gasteiger partial charge in [0.2, 0.25) is 0 Å². The van der Waals surface area contributed by atoms with Crippen LogP contribution in [0.3, 0.4) is 0 Å². The average Bonchev–Trinajstić information content (AvgIpc) is 2.36. The number of benzene rings is 2. The summed E-state index contributed by atoms with van der Waals surface area (Å²) >= 11 is 0. The van der Waals surface area contributed by atoms with Crippen LogP contribution in [0.25, 0.3) is 11.1 Å². The van der Waals surface area contributed by atoms with Gasteiger partial charge in [0, 0.05) is 11.1 Å². The number of para-hydroxylation sites is 2. The molecule has 0 bridgehead atoms. The normalized spacial score (nSPS) is 12.0. The van der Waals surface area contributed by atoms with Crippen molar-refractivity contribution in [2.24, 2.45) is 0 Å². The largest absolute Gasteiger partial charge is 0.524 e. The highest BCUT2D eigenvalue weighted by atomic mass is 31.2. The Morgan fingerprint density at radius 2 is 0.955 bits per heavy atom. The van der Waals surface area contributed by atoms with Gasteiger partial charge in [-0.05, 0) is 12.1 Å². The van der Waals surface area contributed by atoms with Crippen LogP contribution in [-0.2, 0) is 9.13 Å². The average molecular weight is 346 g/mol. The van der Waals surface area contributed by atoms with Gasteiger partial charge in [-0.15, -0.1) is 0 Å².